The molecule has 0 amide bonds. The fourth-order valence-corrected chi connectivity index (χ4v) is 1.59. The van der Waals surface area contributed by atoms with Crippen LogP contribution in [0.3, 0.4) is 0 Å². The van der Waals surface area contributed by atoms with Crippen molar-refractivity contribution in [1.29, 1.82) is 0 Å². The zero-order valence-electron chi connectivity index (χ0n) is 12.1. The molecule has 0 fully saturated rings. The molecule has 0 bridgehead atoms. The third-order valence-corrected chi connectivity index (χ3v) is 2.66. The van der Waals surface area contributed by atoms with Crippen molar-refractivity contribution in [2.75, 3.05) is 13.2 Å². The molecular formula is C15H23NO3. The van der Waals surface area contributed by atoms with Gasteiger partial charge in [0.1, 0.15) is 0 Å². The monoisotopic (exact) mass is 265 g/mol. The Morgan fingerprint density at radius 2 is 1.79 bits per heavy atom. The van der Waals surface area contributed by atoms with Crippen molar-refractivity contribution in [3.8, 4) is 0 Å². The van der Waals surface area contributed by atoms with E-state index in [1.165, 1.54) is 0 Å². The molecule has 19 heavy (non-hydrogen) atoms. The number of nitrogens with two attached hydrogens (primary N) is 1. The maximum absolute atomic E-state index is 12.2. The smallest absolute Gasteiger partial charge is 0.333 e. The summed E-state index contributed by atoms with van der Waals surface area (Å²) in [4.78, 5) is 12.2. The Bertz CT molecular complexity index is 411. The Kier molecular flexibility index (Phi) is 5.09. The van der Waals surface area contributed by atoms with E-state index in [-0.39, 0.29) is 12.2 Å². The zero-order valence-corrected chi connectivity index (χ0v) is 12.1. The fourth-order valence-electron chi connectivity index (χ4n) is 1.59. The van der Waals surface area contributed by atoms with Crippen molar-refractivity contribution in [2.24, 2.45) is 5.73 Å². The Hall–Kier alpha value is -1.39. The molecule has 4 nitrogen and oxygen atoms in total. The quantitative estimate of drug-likeness (QED) is 0.829. The Labute approximate surface area is 114 Å². The molecule has 1 aromatic rings. The van der Waals surface area contributed by atoms with Crippen molar-refractivity contribution in [3.63, 3.8) is 0 Å². The van der Waals surface area contributed by atoms with Gasteiger partial charge in [0.25, 0.3) is 0 Å². The number of carbonyl (C=O) groups is 1. The van der Waals surface area contributed by atoms with Crippen molar-refractivity contribution in [2.45, 2.75) is 38.8 Å². The van der Waals surface area contributed by atoms with Gasteiger partial charge in [-0.1, -0.05) is 30.3 Å². The van der Waals surface area contributed by atoms with Crippen LogP contribution in [0, 0.1) is 0 Å². The van der Waals surface area contributed by atoms with Gasteiger partial charge in [0.15, 0.2) is 5.54 Å². The van der Waals surface area contributed by atoms with E-state index in [2.05, 4.69) is 0 Å². The lowest BCUT2D eigenvalue weighted by Gasteiger charge is -2.31. The van der Waals surface area contributed by atoms with E-state index in [0.29, 0.717) is 12.2 Å². The van der Waals surface area contributed by atoms with Crippen LogP contribution in [0.1, 0.15) is 33.3 Å². The summed E-state index contributed by atoms with van der Waals surface area (Å²) in [5.41, 5.74) is 5.31. The van der Waals surface area contributed by atoms with Gasteiger partial charge >= 0.3 is 5.97 Å². The van der Waals surface area contributed by atoms with Crippen LogP contribution in [0.4, 0.5) is 0 Å². The first-order valence-electron chi connectivity index (χ1n) is 6.45. The van der Waals surface area contributed by atoms with E-state index in [1.807, 2.05) is 51.1 Å². The molecule has 4 heteroatoms. The molecule has 1 aromatic carbocycles. The van der Waals surface area contributed by atoms with E-state index in [1.54, 1.807) is 6.92 Å². The van der Waals surface area contributed by atoms with Crippen molar-refractivity contribution in [3.05, 3.63) is 35.9 Å². The Morgan fingerprint density at radius 1 is 1.21 bits per heavy atom. The summed E-state index contributed by atoms with van der Waals surface area (Å²) in [6.45, 7) is 7.89. The molecule has 0 heterocycles. The van der Waals surface area contributed by atoms with Crippen LogP contribution in [-0.4, -0.2) is 24.8 Å². The summed E-state index contributed by atoms with van der Waals surface area (Å²) in [6.07, 6.45) is 0. The van der Waals surface area contributed by atoms with Gasteiger partial charge in [0.05, 0.1) is 18.8 Å². The van der Waals surface area contributed by atoms with Crippen molar-refractivity contribution < 1.29 is 14.3 Å². The third-order valence-electron chi connectivity index (χ3n) is 2.66. The van der Waals surface area contributed by atoms with Crippen LogP contribution in [0.2, 0.25) is 0 Å². The van der Waals surface area contributed by atoms with E-state index >= 15 is 0 Å². The van der Waals surface area contributed by atoms with E-state index in [9.17, 15) is 4.79 Å². The molecule has 0 spiro atoms. The minimum absolute atomic E-state index is 0.0827. The fraction of sp³-hybridized carbons (Fsp3) is 0.533. The van der Waals surface area contributed by atoms with Crippen LogP contribution in [0.5, 0.6) is 0 Å². The van der Waals surface area contributed by atoms with Crippen molar-refractivity contribution in [1.82, 2.24) is 0 Å². The molecule has 1 unspecified atom stereocenters. The van der Waals surface area contributed by atoms with Gasteiger partial charge in [-0.15, -0.1) is 0 Å². The standard InChI is InChI=1S/C15H23NO3/c1-5-18-13(17)15(16,11-19-14(2,3)4)12-9-7-6-8-10-12/h6-10H,5,11,16H2,1-4H3. The molecule has 0 aliphatic rings. The predicted molar refractivity (Wildman–Crippen MR) is 74.6 cm³/mol. The highest BCUT2D eigenvalue weighted by atomic mass is 16.5. The molecule has 1 rings (SSSR count). The summed E-state index contributed by atoms with van der Waals surface area (Å²) < 4.78 is 10.8. The second-order valence-electron chi connectivity index (χ2n) is 5.46. The Morgan fingerprint density at radius 3 is 2.26 bits per heavy atom. The van der Waals surface area contributed by atoms with Crippen LogP contribution in [-0.2, 0) is 19.8 Å². The topological polar surface area (TPSA) is 61.5 Å². The third kappa shape index (κ3) is 4.33. The zero-order chi connectivity index (χ0) is 14.5. The van der Waals surface area contributed by atoms with Crippen LogP contribution >= 0.6 is 0 Å². The summed E-state index contributed by atoms with van der Waals surface area (Å²) in [5, 5.41) is 0. The SMILES string of the molecule is CCOC(=O)C(N)(COC(C)(C)C)c1ccccc1. The normalized spacial score (nSPS) is 14.8. The lowest BCUT2D eigenvalue weighted by molar-refractivity contribution is -0.155. The first kappa shape index (κ1) is 15.7. The minimum Gasteiger partial charge on any atom is -0.464 e. The highest BCUT2D eigenvalue weighted by Gasteiger charge is 2.39. The lowest BCUT2D eigenvalue weighted by Crippen LogP contribution is -2.51. The molecule has 2 N–H and O–H groups in total. The molecule has 0 radical (unpaired) electrons. The van der Waals surface area contributed by atoms with Gasteiger partial charge < -0.3 is 15.2 Å². The highest BCUT2D eigenvalue weighted by molar-refractivity contribution is 5.82. The van der Waals surface area contributed by atoms with E-state index in [4.69, 9.17) is 15.2 Å². The van der Waals surface area contributed by atoms with Gasteiger partial charge in [0.2, 0.25) is 0 Å². The lowest BCUT2D eigenvalue weighted by atomic mass is 9.91. The van der Waals surface area contributed by atoms with Gasteiger partial charge in [0, 0.05) is 0 Å². The predicted octanol–water partition coefficient (Wildman–Crippen LogP) is 2.22. The van der Waals surface area contributed by atoms with Gasteiger partial charge in [-0.3, -0.25) is 0 Å². The number of ether oxygens (including phenoxy) is 2. The number of carbonyl (C=O) groups excluding carboxylic acids is 1. The summed E-state index contributed by atoms with van der Waals surface area (Å²) in [7, 11) is 0. The average molecular weight is 265 g/mol. The van der Waals surface area contributed by atoms with E-state index in [0.717, 1.165) is 0 Å². The molecule has 106 valence electrons. The van der Waals surface area contributed by atoms with Crippen molar-refractivity contribution >= 4 is 5.97 Å². The molecular weight excluding hydrogens is 242 g/mol. The number of benzene rings is 1. The summed E-state index contributed by atoms with van der Waals surface area (Å²) >= 11 is 0. The maximum Gasteiger partial charge on any atom is 0.333 e. The number of hydrogen-bond acceptors (Lipinski definition) is 4. The molecule has 0 aromatic heterocycles. The molecule has 0 saturated heterocycles. The number of esters is 1. The Balaban J connectivity index is 3.00. The van der Waals surface area contributed by atoms with Crippen LogP contribution in [0.25, 0.3) is 0 Å². The molecule has 0 aliphatic heterocycles. The van der Waals surface area contributed by atoms with Gasteiger partial charge in [-0.05, 0) is 33.3 Å². The molecule has 1 atom stereocenters. The first-order chi connectivity index (χ1) is 8.79. The minimum atomic E-state index is -1.27. The maximum atomic E-state index is 12.2. The number of rotatable bonds is 5. The highest BCUT2D eigenvalue weighted by Crippen LogP contribution is 2.23. The van der Waals surface area contributed by atoms with Gasteiger partial charge in [-0.25, -0.2) is 4.79 Å². The molecule has 0 saturated carbocycles. The van der Waals surface area contributed by atoms with Crippen LogP contribution in [0.15, 0.2) is 30.3 Å². The number of hydrogen-bond donors (Lipinski definition) is 1. The second-order valence-corrected chi connectivity index (χ2v) is 5.46. The second kappa shape index (κ2) is 6.17. The first-order valence-corrected chi connectivity index (χ1v) is 6.45. The summed E-state index contributed by atoms with van der Waals surface area (Å²) in [6, 6.07) is 9.17. The van der Waals surface area contributed by atoms with Gasteiger partial charge in [-0.2, -0.15) is 0 Å². The average Bonchev–Trinajstić information content (AvgIpc) is 2.36. The largest absolute Gasteiger partial charge is 0.464 e. The van der Waals surface area contributed by atoms with E-state index < -0.39 is 11.5 Å². The summed E-state index contributed by atoms with van der Waals surface area (Å²) in [5.74, 6) is -0.467. The molecule has 0 aliphatic carbocycles. The van der Waals surface area contributed by atoms with Crippen LogP contribution < -0.4 is 5.73 Å².